The maximum Gasteiger partial charge on any atom is 0 e. The quantitative estimate of drug-likeness (QED) is 0.196. The van der Waals surface area contributed by atoms with E-state index in [4.69, 9.17) is 0 Å². The van der Waals surface area contributed by atoms with Gasteiger partial charge in [0.1, 0.15) is 0 Å². The van der Waals surface area contributed by atoms with Crippen LogP contribution in [-0.2, 0) is 19.5 Å². The second-order valence-electron chi connectivity index (χ2n) is 14.6. The zero-order valence-electron chi connectivity index (χ0n) is 25.9. The monoisotopic (exact) mass is 662 g/mol. The summed E-state index contributed by atoms with van der Waals surface area (Å²) in [6.07, 6.45) is 47.2. The van der Waals surface area contributed by atoms with Crippen molar-refractivity contribution in [3.8, 4) is 0 Å². The van der Waals surface area contributed by atoms with Gasteiger partial charge in [-0.25, -0.2) is 0 Å². The molecule has 3 heteroatoms. The molecule has 6 rings (SSSR count). The maximum atomic E-state index is 1.61. The van der Waals surface area contributed by atoms with Gasteiger partial charge in [-0.3, -0.25) is 0 Å². The van der Waals surface area contributed by atoms with Gasteiger partial charge in [0, 0.05) is 19.5 Å². The molecule has 0 aromatic rings. The molecule has 6 saturated carbocycles. The van der Waals surface area contributed by atoms with E-state index in [-0.39, 0.29) is 19.5 Å². The van der Waals surface area contributed by atoms with E-state index in [0.29, 0.717) is 15.8 Å². The van der Waals surface area contributed by atoms with E-state index in [0.717, 1.165) is 0 Å². The Bertz CT molecular complexity index is 464. The van der Waals surface area contributed by atoms with Gasteiger partial charge in [0.25, 0.3) is 0 Å². The Morgan fingerprint density at radius 3 is 0.462 bits per heavy atom. The van der Waals surface area contributed by atoms with Crippen molar-refractivity contribution in [2.45, 2.75) is 227 Å². The molecule has 0 spiro atoms. The Balaban J connectivity index is 0.000000176. The molecule has 6 aliphatic carbocycles. The maximum absolute atomic E-state index is 1.61. The fraction of sp³-hybridized carbons (Fsp3) is 1.00. The molecule has 0 radical (unpaired) electrons. The van der Waals surface area contributed by atoms with E-state index in [1.54, 1.807) is 154 Å². The first-order chi connectivity index (χ1) is 18.9. The Kier molecular flexibility index (Phi) is 16.3. The average molecular weight is 662 g/mol. The SMILES string of the molecule is C1CCC(P(C2CCCCC2)C2CCCCC2)CC1.C1CCC(P(C2CCCCC2)C2CCCCC2)CC1.[Ru]. The van der Waals surface area contributed by atoms with Crippen LogP contribution < -0.4 is 0 Å². The summed E-state index contributed by atoms with van der Waals surface area (Å²) in [6, 6.07) is 0. The zero-order valence-corrected chi connectivity index (χ0v) is 29.5. The summed E-state index contributed by atoms with van der Waals surface area (Å²) in [4.78, 5) is 0. The molecule has 0 bridgehead atoms. The van der Waals surface area contributed by atoms with Crippen LogP contribution in [0.2, 0.25) is 0 Å². The topological polar surface area (TPSA) is 0 Å². The largest absolute Gasteiger partial charge is 0.0971 e. The van der Waals surface area contributed by atoms with Crippen molar-refractivity contribution in [1.82, 2.24) is 0 Å². The molecule has 0 saturated heterocycles. The molecule has 6 aliphatic rings. The molecule has 39 heavy (non-hydrogen) atoms. The van der Waals surface area contributed by atoms with Gasteiger partial charge >= 0.3 is 0 Å². The number of rotatable bonds is 6. The van der Waals surface area contributed by atoms with Crippen molar-refractivity contribution in [2.24, 2.45) is 0 Å². The fourth-order valence-electron chi connectivity index (χ4n) is 10.1. The van der Waals surface area contributed by atoms with Crippen molar-refractivity contribution in [3.05, 3.63) is 0 Å². The van der Waals surface area contributed by atoms with Crippen LogP contribution in [0.15, 0.2) is 0 Å². The minimum atomic E-state index is 0. The molecule has 0 nitrogen and oxygen atoms in total. The predicted octanol–water partition coefficient (Wildman–Crippen LogP) is 12.9. The second kappa shape index (κ2) is 19.0. The minimum absolute atomic E-state index is 0. The number of hydrogen-bond acceptors (Lipinski definition) is 0. The predicted molar refractivity (Wildman–Crippen MR) is 175 cm³/mol. The van der Waals surface area contributed by atoms with Crippen molar-refractivity contribution in [3.63, 3.8) is 0 Å². The summed E-state index contributed by atoms with van der Waals surface area (Å²) in [6.45, 7) is 0. The summed E-state index contributed by atoms with van der Waals surface area (Å²) in [7, 11) is 0.770. The summed E-state index contributed by atoms with van der Waals surface area (Å²) >= 11 is 0. The molecular weight excluding hydrogens is 595 g/mol. The van der Waals surface area contributed by atoms with Gasteiger partial charge < -0.3 is 0 Å². The third kappa shape index (κ3) is 10.3. The molecule has 0 N–H and O–H groups in total. The molecule has 6 fully saturated rings. The van der Waals surface area contributed by atoms with Crippen LogP contribution in [0.4, 0.5) is 0 Å². The van der Waals surface area contributed by atoms with Crippen molar-refractivity contribution < 1.29 is 19.5 Å². The summed E-state index contributed by atoms with van der Waals surface area (Å²) in [5, 5.41) is 0. The molecule has 0 amide bonds. The Morgan fingerprint density at radius 2 is 0.333 bits per heavy atom. The molecule has 0 aliphatic heterocycles. The van der Waals surface area contributed by atoms with Gasteiger partial charge in [-0.1, -0.05) is 131 Å². The smallest absolute Gasteiger partial charge is 0 e. The van der Waals surface area contributed by atoms with Crippen molar-refractivity contribution in [2.75, 3.05) is 0 Å². The Morgan fingerprint density at radius 1 is 0.205 bits per heavy atom. The van der Waals surface area contributed by atoms with E-state index in [2.05, 4.69) is 0 Å². The second-order valence-corrected chi connectivity index (χ2v) is 20.8. The molecule has 0 aromatic heterocycles. The molecule has 0 atom stereocenters. The van der Waals surface area contributed by atoms with Crippen LogP contribution in [0, 0.1) is 0 Å². The van der Waals surface area contributed by atoms with E-state index in [9.17, 15) is 0 Å². The van der Waals surface area contributed by atoms with Crippen LogP contribution >= 0.6 is 15.8 Å². The van der Waals surface area contributed by atoms with E-state index in [1.165, 1.54) is 72.5 Å². The van der Waals surface area contributed by atoms with E-state index in [1.807, 2.05) is 0 Å². The fourth-order valence-corrected chi connectivity index (χ4v) is 19.4. The van der Waals surface area contributed by atoms with E-state index < -0.39 is 0 Å². The summed E-state index contributed by atoms with van der Waals surface area (Å²) < 4.78 is 0. The van der Waals surface area contributed by atoms with Gasteiger partial charge in [0.15, 0.2) is 0 Å². The van der Waals surface area contributed by atoms with Crippen molar-refractivity contribution >= 4 is 15.8 Å². The summed E-state index contributed by atoms with van der Waals surface area (Å²) in [5.41, 5.74) is 7.14. The third-order valence-corrected chi connectivity index (χ3v) is 20.1. The van der Waals surface area contributed by atoms with Gasteiger partial charge in [-0.2, -0.15) is 0 Å². The van der Waals surface area contributed by atoms with Gasteiger partial charge in [-0.05, 0) is 111 Å². The van der Waals surface area contributed by atoms with Crippen LogP contribution in [0.3, 0.4) is 0 Å². The standard InChI is InChI=1S/2C18H33P.Ru/c2*1-4-10-16(11-5-1)19(17-12-6-2-7-13-17)18-14-8-3-9-15-18;/h2*16-18H,1-15H2;. The first-order valence-corrected chi connectivity index (χ1v) is 21.5. The normalized spacial score (nSPS) is 28.2. The first-order valence-electron chi connectivity index (χ1n) is 18.4. The average Bonchev–Trinajstić information content (AvgIpc) is 3.01. The minimum Gasteiger partial charge on any atom is -0.0971 e. The van der Waals surface area contributed by atoms with Crippen molar-refractivity contribution in [1.29, 1.82) is 0 Å². The molecule has 0 heterocycles. The molecule has 0 unspecified atom stereocenters. The first kappa shape index (κ1) is 33.4. The van der Waals surface area contributed by atoms with Crippen LogP contribution in [0.25, 0.3) is 0 Å². The third-order valence-electron chi connectivity index (χ3n) is 12.0. The zero-order chi connectivity index (χ0) is 25.8. The summed E-state index contributed by atoms with van der Waals surface area (Å²) in [5.74, 6) is 0. The van der Waals surface area contributed by atoms with E-state index >= 15 is 0 Å². The molecular formula is C36H66P2Ru. The van der Waals surface area contributed by atoms with Gasteiger partial charge in [-0.15, -0.1) is 0 Å². The van der Waals surface area contributed by atoms with Crippen LogP contribution in [0.1, 0.15) is 193 Å². The Hall–Kier alpha value is 1.48. The molecule has 228 valence electrons. The van der Waals surface area contributed by atoms with Gasteiger partial charge in [0.2, 0.25) is 0 Å². The van der Waals surface area contributed by atoms with Crippen LogP contribution in [-0.4, -0.2) is 34.0 Å². The van der Waals surface area contributed by atoms with Gasteiger partial charge in [0.05, 0.1) is 0 Å². The number of hydrogen-bond donors (Lipinski definition) is 0. The Labute approximate surface area is 260 Å². The van der Waals surface area contributed by atoms with Crippen LogP contribution in [0.5, 0.6) is 0 Å². The molecule has 0 aromatic carbocycles.